The van der Waals surface area contributed by atoms with E-state index in [1.165, 1.54) is 17.7 Å². The molecule has 2 aromatic rings. The number of nitro benzene ring substituents is 1. The summed E-state index contributed by atoms with van der Waals surface area (Å²) in [4.78, 5) is 10.2. The van der Waals surface area contributed by atoms with Gasteiger partial charge in [0.2, 0.25) is 0 Å². The smallest absolute Gasteiger partial charge is 0.258 e. The van der Waals surface area contributed by atoms with Crippen LogP contribution in [-0.2, 0) is 0 Å². The Balaban J connectivity index is 2.41. The van der Waals surface area contributed by atoms with Crippen LogP contribution >= 0.6 is 0 Å². The van der Waals surface area contributed by atoms with Gasteiger partial charge in [0.15, 0.2) is 0 Å². The highest BCUT2D eigenvalue weighted by Gasteiger charge is 2.07. The van der Waals surface area contributed by atoms with Crippen molar-refractivity contribution < 1.29 is 4.92 Å². The van der Waals surface area contributed by atoms with Crippen LogP contribution < -0.4 is 0 Å². The predicted molar refractivity (Wildman–Crippen MR) is 82.5 cm³/mol. The minimum Gasteiger partial charge on any atom is -0.258 e. The second-order valence-electron chi connectivity index (χ2n) is 4.83. The van der Waals surface area contributed by atoms with Crippen molar-refractivity contribution in [3.8, 4) is 6.07 Å². The highest BCUT2D eigenvalue weighted by Crippen LogP contribution is 2.22. The zero-order valence-corrected chi connectivity index (χ0v) is 11.8. The Kier molecular flexibility index (Phi) is 4.15. The minimum atomic E-state index is -0.455. The number of nitrogens with zero attached hydrogens (tertiary/aromatic N) is 2. The summed E-state index contributed by atoms with van der Waals surface area (Å²) < 4.78 is 0. The maximum atomic E-state index is 10.6. The third-order valence-corrected chi connectivity index (χ3v) is 3.23. The highest BCUT2D eigenvalue weighted by molar-refractivity contribution is 5.90. The Hall–Kier alpha value is -2.93. The number of non-ortho nitro benzene ring substituents is 1. The van der Waals surface area contributed by atoms with Crippen molar-refractivity contribution in [2.24, 2.45) is 0 Å². The second kappa shape index (κ2) is 6.02. The van der Waals surface area contributed by atoms with Crippen LogP contribution in [0, 0.1) is 35.3 Å². The van der Waals surface area contributed by atoms with Gasteiger partial charge in [-0.05, 0) is 48.7 Å². The molecule has 0 unspecified atom stereocenters. The van der Waals surface area contributed by atoms with E-state index in [-0.39, 0.29) is 5.69 Å². The van der Waals surface area contributed by atoms with E-state index < -0.39 is 4.92 Å². The highest BCUT2D eigenvalue weighted by atomic mass is 16.6. The molecule has 0 radical (unpaired) electrons. The molecule has 0 aliphatic heterocycles. The van der Waals surface area contributed by atoms with Gasteiger partial charge in [-0.3, -0.25) is 10.1 Å². The molecule has 0 heterocycles. The quantitative estimate of drug-likeness (QED) is 0.364. The lowest BCUT2D eigenvalue weighted by atomic mass is 10.00. The van der Waals surface area contributed by atoms with Crippen molar-refractivity contribution in [3.05, 3.63) is 74.8 Å². The molecule has 0 spiro atoms. The van der Waals surface area contributed by atoms with E-state index >= 15 is 0 Å². The predicted octanol–water partition coefficient (Wildman–Crippen LogP) is 4.28. The molecule has 4 heteroatoms. The van der Waals surface area contributed by atoms with Gasteiger partial charge in [0.05, 0.1) is 16.6 Å². The maximum Gasteiger partial charge on any atom is 0.269 e. The molecule has 0 fully saturated rings. The van der Waals surface area contributed by atoms with Crippen molar-refractivity contribution in [1.82, 2.24) is 0 Å². The lowest BCUT2D eigenvalue weighted by Gasteiger charge is -2.04. The molecule has 0 amide bonds. The molecule has 0 aromatic heterocycles. The van der Waals surface area contributed by atoms with Gasteiger partial charge in [0, 0.05) is 12.1 Å². The maximum absolute atomic E-state index is 10.6. The molecular formula is C17H14N2O2. The molecular weight excluding hydrogens is 264 g/mol. The number of nitriles is 1. The standard InChI is InChI=1S/C17H14N2O2/c1-12-3-4-15(13(2)9-12)10-16(11-18)14-5-7-17(8-6-14)19(20)21/h3-10H,1-2H3/b16-10+. The zero-order chi connectivity index (χ0) is 15.4. The van der Waals surface area contributed by atoms with E-state index in [4.69, 9.17) is 0 Å². The van der Waals surface area contributed by atoms with Crippen molar-refractivity contribution in [2.45, 2.75) is 13.8 Å². The van der Waals surface area contributed by atoms with Crippen LogP contribution in [0.5, 0.6) is 0 Å². The first-order valence-electron chi connectivity index (χ1n) is 6.45. The number of benzene rings is 2. The van der Waals surface area contributed by atoms with E-state index in [2.05, 4.69) is 12.1 Å². The molecule has 2 aromatic carbocycles. The summed E-state index contributed by atoms with van der Waals surface area (Å²) >= 11 is 0. The first kappa shape index (κ1) is 14.5. The Morgan fingerprint density at radius 3 is 2.38 bits per heavy atom. The summed E-state index contributed by atoms with van der Waals surface area (Å²) in [6.45, 7) is 4.01. The van der Waals surface area contributed by atoms with Gasteiger partial charge < -0.3 is 0 Å². The van der Waals surface area contributed by atoms with E-state index in [0.29, 0.717) is 11.1 Å². The SMILES string of the molecule is Cc1ccc(/C=C(\C#N)c2ccc([N+](=O)[O-])cc2)c(C)c1. The fourth-order valence-electron chi connectivity index (χ4n) is 2.09. The third kappa shape index (κ3) is 3.34. The van der Waals surface area contributed by atoms with E-state index in [1.54, 1.807) is 18.2 Å². The van der Waals surface area contributed by atoms with Gasteiger partial charge in [-0.15, -0.1) is 0 Å². The fourth-order valence-corrected chi connectivity index (χ4v) is 2.09. The van der Waals surface area contributed by atoms with E-state index in [0.717, 1.165) is 11.1 Å². The molecule has 4 nitrogen and oxygen atoms in total. The molecule has 0 saturated heterocycles. The molecule has 104 valence electrons. The summed E-state index contributed by atoms with van der Waals surface area (Å²) in [6.07, 6.45) is 1.80. The summed E-state index contributed by atoms with van der Waals surface area (Å²) in [5, 5.41) is 20.0. The van der Waals surface area contributed by atoms with Crippen LogP contribution in [0.1, 0.15) is 22.3 Å². The second-order valence-corrected chi connectivity index (χ2v) is 4.83. The lowest BCUT2D eigenvalue weighted by Crippen LogP contribution is -1.89. The van der Waals surface area contributed by atoms with Crippen LogP contribution in [0.3, 0.4) is 0 Å². The van der Waals surface area contributed by atoms with Gasteiger partial charge in [-0.1, -0.05) is 23.8 Å². The molecule has 0 aliphatic carbocycles. The lowest BCUT2D eigenvalue weighted by molar-refractivity contribution is -0.384. The molecule has 0 bridgehead atoms. The van der Waals surface area contributed by atoms with Crippen molar-refractivity contribution in [3.63, 3.8) is 0 Å². The normalized spacial score (nSPS) is 11.0. The Morgan fingerprint density at radius 1 is 1.19 bits per heavy atom. The summed E-state index contributed by atoms with van der Waals surface area (Å²) in [6, 6.07) is 14.2. The monoisotopic (exact) mass is 278 g/mol. The van der Waals surface area contributed by atoms with Crippen LogP contribution in [0.2, 0.25) is 0 Å². The van der Waals surface area contributed by atoms with Crippen LogP contribution in [-0.4, -0.2) is 4.92 Å². The number of hydrogen-bond acceptors (Lipinski definition) is 3. The zero-order valence-electron chi connectivity index (χ0n) is 11.8. The molecule has 2 rings (SSSR count). The Labute approximate surface area is 123 Å². The fraction of sp³-hybridized carbons (Fsp3) is 0.118. The van der Waals surface area contributed by atoms with E-state index in [9.17, 15) is 15.4 Å². The number of hydrogen-bond donors (Lipinski definition) is 0. The molecule has 0 aliphatic rings. The Morgan fingerprint density at radius 2 is 1.86 bits per heavy atom. The van der Waals surface area contributed by atoms with Gasteiger partial charge in [0.25, 0.3) is 5.69 Å². The van der Waals surface area contributed by atoms with Crippen LogP contribution in [0.25, 0.3) is 11.6 Å². The first-order valence-corrected chi connectivity index (χ1v) is 6.45. The van der Waals surface area contributed by atoms with Crippen molar-refractivity contribution >= 4 is 17.3 Å². The van der Waals surface area contributed by atoms with E-state index in [1.807, 2.05) is 26.0 Å². The number of rotatable bonds is 3. The van der Waals surface area contributed by atoms with Gasteiger partial charge in [-0.25, -0.2) is 0 Å². The summed E-state index contributed by atoms with van der Waals surface area (Å²) in [5.41, 5.74) is 4.39. The van der Waals surface area contributed by atoms with Crippen LogP contribution in [0.15, 0.2) is 42.5 Å². The average molecular weight is 278 g/mol. The van der Waals surface area contributed by atoms with Gasteiger partial charge in [0.1, 0.15) is 0 Å². The number of allylic oxidation sites excluding steroid dienone is 1. The van der Waals surface area contributed by atoms with Crippen LogP contribution in [0.4, 0.5) is 5.69 Å². The molecule has 21 heavy (non-hydrogen) atoms. The summed E-state index contributed by atoms with van der Waals surface area (Å²) in [7, 11) is 0. The average Bonchev–Trinajstić information content (AvgIpc) is 2.47. The van der Waals surface area contributed by atoms with Gasteiger partial charge in [-0.2, -0.15) is 5.26 Å². The topological polar surface area (TPSA) is 66.9 Å². The number of aryl methyl sites for hydroxylation is 2. The first-order chi connectivity index (χ1) is 10.0. The third-order valence-electron chi connectivity index (χ3n) is 3.23. The molecule has 0 saturated carbocycles. The summed E-state index contributed by atoms with van der Waals surface area (Å²) in [5.74, 6) is 0. The Bertz CT molecular complexity index is 753. The van der Waals surface area contributed by atoms with Crippen molar-refractivity contribution in [2.75, 3.05) is 0 Å². The largest absolute Gasteiger partial charge is 0.269 e. The minimum absolute atomic E-state index is 0.0163. The molecule has 0 atom stereocenters. The number of nitro groups is 1. The van der Waals surface area contributed by atoms with Gasteiger partial charge >= 0.3 is 0 Å². The van der Waals surface area contributed by atoms with Crippen molar-refractivity contribution in [1.29, 1.82) is 5.26 Å². The molecule has 0 N–H and O–H groups in total.